The molecule has 1 aromatic carbocycles. The third-order valence-corrected chi connectivity index (χ3v) is 3.54. The molecule has 0 aliphatic heterocycles. The largest absolute Gasteiger partial charge is 0.338 e. The topological polar surface area (TPSA) is 41.1 Å². The van der Waals surface area contributed by atoms with Crippen molar-refractivity contribution in [3.8, 4) is 0 Å². The lowest BCUT2D eigenvalue weighted by atomic mass is 9.88. The van der Waals surface area contributed by atoms with Gasteiger partial charge in [-0.25, -0.2) is 4.79 Å². The third-order valence-electron chi connectivity index (χ3n) is 3.54. The number of carbonyl (C=O) groups is 1. The third kappa shape index (κ3) is 5.47. The highest BCUT2D eigenvalue weighted by atomic mass is 16.2. The van der Waals surface area contributed by atoms with E-state index >= 15 is 0 Å². The van der Waals surface area contributed by atoms with E-state index in [2.05, 4.69) is 50.5 Å². The van der Waals surface area contributed by atoms with Gasteiger partial charge >= 0.3 is 6.03 Å². The number of hydrogen-bond donors (Lipinski definition) is 2. The summed E-state index contributed by atoms with van der Waals surface area (Å²) < 4.78 is 0. The molecule has 0 bridgehead atoms. The predicted octanol–water partition coefficient (Wildman–Crippen LogP) is 3.79. The van der Waals surface area contributed by atoms with Crippen molar-refractivity contribution >= 4 is 6.03 Å². The summed E-state index contributed by atoms with van der Waals surface area (Å²) in [7, 11) is 0. The first-order valence-corrected chi connectivity index (χ1v) is 7.07. The number of amides is 2. The van der Waals surface area contributed by atoms with Gasteiger partial charge in [0.2, 0.25) is 0 Å². The average Bonchev–Trinajstić information content (AvgIpc) is 2.37. The Morgan fingerprint density at radius 3 is 2.50 bits per heavy atom. The van der Waals surface area contributed by atoms with Gasteiger partial charge in [0.25, 0.3) is 0 Å². The molecular weight excluding hydrogens is 248 g/mol. The normalized spacial score (nSPS) is 12.2. The number of nitrogens with one attached hydrogen (secondary N) is 2. The Bertz CT molecular complexity index is 484. The van der Waals surface area contributed by atoms with Gasteiger partial charge < -0.3 is 10.6 Å². The van der Waals surface area contributed by atoms with E-state index in [0.29, 0.717) is 6.54 Å². The highest BCUT2D eigenvalue weighted by Crippen LogP contribution is 2.23. The molecule has 2 N–H and O–H groups in total. The molecule has 0 heterocycles. The zero-order valence-corrected chi connectivity index (χ0v) is 13.2. The summed E-state index contributed by atoms with van der Waals surface area (Å²) >= 11 is 0. The maximum Gasteiger partial charge on any atom is 0.318 e. The second-order valence-electron chi connectivity index (χ2n) is 6.15. The number of carbonyl (C=O) groups excluding carboxylic acids is 1. The molecule has 0 spiro atoms. The summed E-state index contributed by atoms with van der Waals surface area (Å²) in [6.07, 6.45) is 2.63. The molecule has 0 saturated carbocycles. The van der Waals surface area contributed by atoms with E-state index < -0.39 is 0 Å². The standard InChI is InChI=1S/C17H26N2O/c1-13-8-6-7-9-15(13)10-11-18-16(20)19-12-14(2)17(3,4)5/h6-9,12H,10-11H2,1-5H3,(H2,18,19,20)/b14-12+. The van der Waals surface area contributed by atoms with Crippen molar-refractivity contribution in [2.24, 2.45) is 5.41 Å². The fourth-order valence-electron chi connectivity index (χ4n) is 1.64. The molecular formula is C17H26N2O. The van der Waals surface area contributed by atoms with Gasteiger partial charge in [-0.3, -0.25) is 0 Å². The summed E-state index contributed by atoms with van der Waals surface area (Å²) in [4.78, 5) is 11.7. The molecule has 3 heteroatoms. The molecule has 0 aromatic heterocycles. The number of rotatable bonds is 4. The first-order valence-electron chi connectivity index (χ1n) is 7.07. The second-order valence-corrected chi connectivity index (χ2v) is 6.15. The fraction of sp³-hybridized carbons (Fsp3) is 0.471. The van der Waals surface area contributed by atoms with Gasteiger partial charge in [0.1, 0.15) is 0 Å². The Morgan fingerprint density at radius 1 is 1.25 bits per heavy atom. The summed E-state index contributed by atoms with van der Waals surface area (Å²) in [5.41, 5.74) is 3.76. The molecule has 0 unspecified atom stereocenters. The van der Waals surface area contributed by atoms with Crippen molar-refractivity contribution in [1.29, 1.82) is 0 Å². The lowest BCUT2D eigenvalue weighted by Crippen LogP contribution is -2.34. The van der Waals surface area contributed by atoms with Crippen molar-refractivity contribution in [3.63, 3.8) is 0 Å². The van der Waals surface area contributed by atoms with E-state index in [1.165, 1.54) is 11.1 Å². The van der Waals surface area contributed by atoms with Gasteiger partial charge in [0.15, 0.2) is 0 Å². The van der Waals surface area contributed by atoms with Crippen LogP contribution in [-0.2, 0) is 6.42 Å². The quantitative estimate of drug-likeness (QED) is 0.861. The van der Waals surface area contributed by atoms with E-state index in [4.69, 9.17) is 0 Å². The van der Waals surface area contributed by atoms with Crippen molar-refractivity contribution in [2.45, 2.75) is 41.0 Å². The van der Waals surface area contributed by atoms with Crippen LogP contribution in [0.3, 0.4) is 0 Å². The highest BCUT2D eigenvalue weighted by molar-refractivity contribution is 5.75. The Hall–Kier alpha value is -1.77. The minimum Gasteiger partial charge on any atom is -0.338 e. The smallest absolute Gasteiger partial charge is 0.318 e. The van der Waals surface area contributed by atoms with Crippen molar-refractivity contribution in [1.82, 2.24) is 10.6 Å². The first kappa shape index (κ1) is 16.3. The van der Waals surface area contributed by atoms with Gasteiger partial charge in [-0.2, -0.15) is 0 Å². The van der Waals surface area contributed by atoms with Crippen LogP contribution in [0, 0.1) is 12.3 Å². The lowest BCUT2D eigenvalue weighted by molar-refractivity contribution is 0.244. The summed E-state index contributed by atoms with van der Waals surface area (Å²) in [5, 5.41) is 5.65. The molecule has 0 saturated heterocycles. The van der Waals surface area contributed by atoms with Gasteiger partial charge in [-0.1, -0.05) is 50.6 Å². The van der Waals surface area contributed by atoms with E-state index in [-0.39, 0.29) is 11.4 Å². The number of allylic oxidation sites excluding steroid dienone is 1. The van der Waals surface area contributed by atoms with Crippen LogP contribution in [0.15, 0.2) is 36.0 Å². The average molecular weight is 274 g/mol. The van der Waals surface area contributed by atoms with Crippen molar-refractivity contribution in [3.05, 3.63) is 47.2 Å². The predicted molar refractivity (Wildman–Crippen MR) is 84.6 cm³/mol. The van der Waals surface area contributed by atoms with Crippen LogP contribution in [0.5, 0.6) is 0 Å². The summed E-state index contributed by atoms with van der Waals surface area (Å²) in [6, 6.07) is 8.09. The molecule has 1 aromatic rings. The fourth-order valence-corrected chi connectivity index (χ4v) is 1.64. The number of aryl methyl sites for hydroxylation is 1. The van der Waals surface area contributed by atoms with E-state index in [1.54, 1.807) is 6.20 Å². The number of urea groups is 1. The molecule has 0 atom stereocenters. The van der Waals surface area contributed by atoms with Crippen LogP contribution < -0.4 is 10.6 Å². The Kier molecular flexibility index (Phi) is 5.81. The summed E-state index contributed by atoms with van der Waals surface area (Å²) in [5.74, 6) is 0. The minimum absolute atomic E-state index is 0.0778. The number of hydrogen-bond acceptors (Lipinski definition) is 1. The minimum atomic E-state index is -0.151. The van der Waals surface area contributed by atoms with Crippen LogP contribution in [0.1, 0.15) is 38.8 Å². The Balaban J connectivity index is 2.36. The van der Waals surface area contributed by atoms with Crippen LogP contribution in [-0.4, -0.2) is 12.6 Å². The van der Waals surface area contributed by atoms with Crippen LogP contribution in [0.4, 0.5) is 4.79 Å². The Labute approximate surface area is 122 Å². The molecule has 0 radical (unpaired) electrons. The van der Waals surface area contributed by atoms with E-state index in [0.717, 1.165) is 12.0 Å². The Morgan fingerprint density at radius 2 is 1.90 bits per heavy atom. The SMILES string of the molecule is C/C(=C\NC(=O)NCCc1ccccc1C)C(C)(C)C. The molecule has 110 valence electrons. The van der Waals surface area contributed by atoms with E-state index in [1.807, 2.05) is 19.1 Å². The molecule has 20 heavy (non-hydrogen) atoms. The molecule has 0 aliphatic rings. The molecule has 3 nitrogen and oxygen atoms in total. The van der Waals surface area contributed by atoms with Gasteiger partial charge in [0.05, 0.1) is 0 Å². The summed E-state index contributed by atoms with van der Waals surface area (Å²) in [6.45, 7) is 11.1. The maximum absolute atomic E-state index is 11.7. The van der Waals surface area contributed by atoms with Crippen LogP contribution >= 0.6 is 0 Å². The molecule has 1 rings (SSSR count). The maximum atomic E-state index is 11.7. The highest BCUT2D eigenvalue weighted by Gasteiger charge is 2.12. The molecule has 0 fully saturated rings. The molecule has 2 amide bonds. The number of benzene rings is 1. The van der Waals surface area contributed by atoms with E-state index in [9.17, 15) is 4.79 Å². The zero-order chi connectivity index (χ0) is 15.2. The lowest BCUT2D eigenvalue weighted by Gasteiger charge is -2.19. The zero-order valence-electron chi connectivity index (χ0n) is 13.2. The second kappa shape index (κ2) is 7.13. The van der Waals surface area contributed by atoms with Crippen molar-refractivity contribution < 1.29 is 4.79 Å². The monoisotopic (exact) mass is 274 g/mol. The van der Waals surface area contributed by atoms with Gasteiger partial charge in [0, 0.05) is 12.7 Å². The van der Waals surface area contributed by atoms with Gasteiger partial charge in [-0.05, 0) is 36.8 Å². The van der Waals surface area contributed by atoms with Crippen LogP contribution in [0.2, 0.25) is 0 Å². The van der Waals surface area contributed by atoms with Crippen LogP contribution in [0.25, 0.3) is 0 Å². The van der Waals surface area contributed by atoms with Crippen molar-refractivity contribution in [2.75, 3.05) is 6.54 Å². The molecule has 0 aliphatic carbocycles. The first-order chi connectivity index (χ1) is 9.30. The van der Waals surface area contributed by atoms with Gasteiger partial charge in [-0.15, -0.1) is 0 Å².